The van der Waals surface area contributed by atoms with E-state index in [1.807, 2.05) is 0 Å². The molecule has 118 valence electrons. The zero-order valence-corrected chi connectivity index (χ0v) is 14.2. The molecular formula is C23H21N. The van der Waals surface area contributed by atoms with E-state index in [1.54, 1.807) is 0 Å². The van der Waals surface area contributed by atoms with Gasteiger partial charge in [0.25, 0.3) is 0 Å². The van der Waals surface area contributed by atoms with Crippen LogP contribution in [0.2, 0.25) is 0 Å². The first kappa shape index (κ1) is 14.8. The summed E-state index contributed by atoms with van der Waals surface area (Å²) in [6.07, 6.45) is 4.41. The molecule has 0 N–H and O–H groups in total. The maximum atomic E-state index is 2.39. The van der Waals surface area contributed by atoms with Crippen LogP contribution in [0, 0.1) is 6.92 Å². The monoisotopic (exact) mass is 311 g/mol. The van der Waals surface area contributed by atoms with Gasteiger partial charge in [0.2, 0.25) is 0 Å². The molecule has 0 saturated carbocycles. The Morgan fingerprint density at radius 3 is 2.38 bits per heavy atom. The molecule has 3 aromatic carbocycles. The number of aromatic nitrogens is 1. The quantitative estimate of drug-likeness (QED) is 0.392. The van der Waals surface area contributed by atoms with Crippen molar-refractivity contribution in [2.24, 2.45) is 0 Å². The van der Waals surface area contributed by atoms with E-state index in [2.05, 4.69) is 97.3 Å². The Hall–Kier alpha value is -2.80. The molecule has 1 heterocycles. The van der Waals surface area contributed by atoms with Crippen LogP contribution >= 0.6 is 0 Å². The molecule has 0 amide bonds. The summed E-state index contributed by atoms with van der Waals surface area (Å²) in [7, 11) is 0. The number of nitrogens with zero attached hydrogens (tertiary/aromatic N) is 1. The van der Waals surface area contributed by atoms with E-state index in [0.29, 0.717) is 0 Å². The Balaban J connectivity index is 1.84. The van der Waals surface area contributed by atoms with Crippen molar-refractivity contribution in [1.29, 1.82) is 0 Å². The highest BCUT2D eigenvalue weighted by Crippen LogP contribution is 2.30. The van der Waals surface area contributed by atoms with Crippen LogP contribution in [0.15, 0.2) is 66.7 Å². The summed E-state index contributed by atoms with van der Waals surface area (Å²) in [5.41, 5.74) is 6.44. The van der Waals surface area contributed by atoms with E-state index in [0.717, 1.165) is 6.54 Å². The molecule has 4 aromatic rings. The standard InChI is InChI=1S/C23H21N/c1-3-24-22-11-7-6-10-20(22)21-16-18(13-15-23(21)24)12-14-19-9-5-4-8-17(19)2/h4-16H,3H2,1-2H3. The summed E-state index contributed by atoms with van der Waals surface area (Å²) < 4.78 is 2.39. The third kappa shape index (κ3) is 2.43. The Morgan fingerprint density at radius 2 is 1.54 bits per heavy atom. The molecule has 1 aromatic heterocycles. The fraction of sp³-hybridized carbons (Fsp3) is 0.130. The minimum atomic E-state index is 0.989. The molecule has 1 heteroatoms. The molecule has 0 saturated heterocycles. The SMILES string of the molecule is CCn1c2ccccc2c2cc(C=Cc3ccccc3C)ccc21. The first-order valence-corrected chi connectivity index (χ1v) is 8.52. The first-order valence-electron chi connectivity index (χ1n) is 8.52. The van der Waals surface area contributed by atoms with Crippen LogP contribution in [0.1, 0.15) is 23.6 Å². The van der Waals surface area contributed by atoms with Crippen molar-refractivity contribution < 1.29 is 0 Å². The fourth-order valence-corrected chi connectivity index (χ4v) is 3.48. The molecule has 0 spiro atoms. The molecular weight excluding hydrogens is 290 g/mol. The minimum absolute atomic E-state index is 0.989. The molecule has 0 aliphatic rings. The van der Waals surface area contributed by atoms with Crippen molar-refractivity contribution >= 4 is 34.0 Å². The third-order valence-corrected chi connectivity index (χ3v) is 4.76. The second-order valence-corrected chi connectivity index (χ2v) is 6.23. The van der Waals surface area contributed by atoms with Gasteiger partial charge in [-0.1, -0.05) is 60.7 Å². The molecule has 1 nitrogen and oxygen atoms in total. The van der Waals surface area contributed by atoms with E-state index in [1.165, 1.54) is 38.5 Å². The zero-order valence-electron chi connectivity index (χ0n) is 14.2. The van der Waals surface area contributed by atoms with E-state index in [9.17, 15) is 0 Å². The van der Waals surface area contributed by atoms with E-state index >= 15 is 0 Å². The first-order chi connectivity index (χ1) is 11.8. The lowest BCUT2D eigenvalue weighted by Crippen LogP contribution is -1.92. The van der Waals surface area contributed by atoms with Crippen molar-refractivity contribution in [3.8, 4) is 0 Å². The molecule has 0 aliphatic carbocycles. The lowest BCUT2D eigenvalue weighted by atomic mass is 10.1. The molecule has 0 unspecified atom stereocenters. The van der Waals surface area contributed by atoms with Gasteiger partial charge in [0.15, 0.2) is 0 Å². The maximum absolute atomic E-state index is 2.39. The lowest BCUT2D eigenvalue weighted by Gasteiger charge is -2.03. The van der Waals surface area contributed by atoms with E-state index in [4.69, 9.17) is 0 Å². The van der Waals surface area contributed by atoms with Crippen molar-refractivity contribution in [1.82, 2.24) is 4.57 Å². The highest BCUT2D eigenvalue weighted by molar-refractivity contribution is 6.08. The van der Waals surface area contributed by atoms with Crippen LogP contribution in [-0.2, 0) is 6.54 Å². The van der Waals surface area contributed by atoms with Crippen molar-refractivity contribution in [2.45, 2.75) is 20.4 Å². The summed E-state index contributed by atoms with van der Waals surface area (Å²) in [6, 6.07) is 23.9. The van der Waals surface area contributed by atoms with Crippen LogP contribution in [0.4, 0.5) is 0 Å². The van der Waals surface area contributed by atoms with Gasteiger partial charge in [-0.05, 0) is 48.7 Å². The van der Waals surface area contributed by atoms with E-state index < -0.39 is 0 Å². The van der Waals surface area contributed by atoms with Gasteiger partial charge in [0.05, 0.1) is 0 Å². The van der Waals surface area contributed by atoms with Gasteiger partial charge in [-0.2, -0.15) is 0 Å². The average Bonchev–Trinajstić information content (AvgIpc) is 2.94. The van der Waals surface area contributed by atoms with Gasteiger partial charge >= 0.3 is 0 Å². The highest BCUT2D eigenvalue weighted by atomic mass is 15.0. The number of hydrogen-bond donors (Lipinski definition) is 0. The maximum Gasteiger partial charge on any atom is 0.0491 e. The van der Waals surface area contributed by atoms with E-state index in [-0.39, 0.29) is 0 Å². The Bertz CT molecular complexity index is 1050. The largest absolute Gasteiger partial charge is 0.341 e. The minimum Gasteiger partial charge on any atom is -0.341 e. The normalized spacial score (nSPS) is 11.8. The van der Waals surface area contributed by atoms with Gasteiger partial charge in [-0.3, -0.25) is 0 Å². The summed E-state index contributed by atoms with van der Waals surface area (Å²) in [5, 5.41) is 2.67. The number of hydrogen-bond acceptors (Lipinski definition) is 0. The van der Waals surface area contributed by atoms with Gasteiger partial charge in [0.1, 0.15) is 0 Å². The fourth-order valence-electron chi connectivity index (χ4n) is 3.48. The Labute approximate surface area is 142 Å². The van der Waals surface area contributed by atoms with Crippen LogP contribution in [0.5, 0.6) is 0 Å². The zero-order chi connectivity index (χ0) is 16.5. The van der Waals surface area contributed by atoms with Gasteiger partial charge in [0, 0.05) is 28.4 Å². The van der Waals surface area contributed by atoms with Gasteiger partial charge in [-0.15, -0.1) is 0 Å². The smallest absolute Gasteiger partial charge is 0.0491 e. The molecule has 0 fully saturated rings. The molecule has 24 heavy (non-hydrogen) atoms. The van der Waals surface area contributed by atoms with Crippen LogP contribution in [-0.4, -0.2) is 4.57 Å². The lowest BCUT2D eigenvalue weighted by molar-refractivity contribution is 0.827. The summed E-state index contributed by atoms with van der Waals surface area (Å²) in [4.78, 5) is 0. The van der Waals surface area contributed by atoms with Crippen molar-refractivity contribution in [3.63, 3.8) is 0 Å². The average molecular weight is 311 g/mol. The third-order valence-electron chi connectivity index (χ3n) is 4.76. The summed E-state index contributed by atoms with van der Waals surface area (Å²) in [5.74, 6) is 0. The molecule has 0 atom stereocenters. The molecule has 4 rings (SSSR count). The van der Waals surface area contributed by atoms with Crippen molar-refractivity contribution in [3.05, 3.63) is 83.4 Å². The molecule has 0 bridgehead atoms. The van der Waals surface area contributed by atoms with Crippen LogP contribution in [0.25, 0.3) is 34.0 Å². The highest BCUT2D eigenvalue weighted by Gasteiger charge is 2.08. The predicted octanol–water partition coefficient (Wildman–Crippen LogP) is 6.29. The number of para-hydroxylation sites is 1. The van der Waals surface area contributed by atoms with Crippen LogP contribution in [0.3, 0.4) is 0 Å². The number of fused-ring (bicyclic) bond motifs is 3. The topological polar surface area (TPSA) is 4.93 Å². The predicted molar refractivity (Wildman–Crippen MR) is 105 cm³/mol. The van der Waals surface area contributed by atoms with Gasteiger partial charge in [-0.25, -0.2) is 0 Å². The van der Waals surface area contributed by atoms with Gasteiger partial charge < -0.3 is 4.57 Å². The van der Waals surface area contributed by atoms with Crippen molar-refractivity contribution in [2.75, 3.05) is 0 Å². The van der Waals surface area contributed by atoms with Crippen LogP contribution < -0.4 is 0 Å². The second-order valence-electron chi connectivity index (χ2n) is 6.23. The Kier molecular flexibility index (Phi) is 3.70. The number of aryl methyl sites for hydroxylation is 2. The molecule has 0 radical (unpaired) electrons. The number of benzene rings is 3. The second kappa shape index (κ2) is 6.01. The number of rotatable bonds is 3. The summed E-state index contributed by atoms with van der Waals surface area (Å²) >= 11 is 0. The summed E-state index contributed by atoms with van der Waals surface area (Å²) in [6.45, 7) is 5.35. The molecule has 0 aliphatic heterocycles. The Morgan fingerprint density at radius 1 is 0.792 bits per heavy atom.